The Morgan fingerprint density at radius 1 is 0.483 bits per heavy atom. The SMILES string of the molecule is CC1(C)c2ccccc2-c2ccc(N(c3ccc(-c4ccccc4)cc3)c3ccc(-c4ccc5c(c4)c4nc6ccccc6n4c(=O)n5-c4ccccc4)cc3)cc21. The lowest BCUT2D eigenvalue weighted by atomic mass is 9.82. The number of anilines is 3. The first-order valence-corrected chi connectivity index (χ1v) is 19.8. The van der Waals surface area contributed by atoms with Gasteiger partial charge in [0.05, 0.1) is 22.2 Å². The molecule has 0 radical (unpaired) electrons. The van der Waals surface area contributed by atoms with Crippen LogP contribution in [0.3, 0.4) is 0 Å². The maximum atomic E-state index is 14.2. The number of aromatic nitrogens is 3. The summed E-state index contributed by atoms with van der Waals surface area (Å²) in [4.78, 5) is 21.6. The molecule has 0 N–H and O–H groups in total. The average Bonchev–Trinajstić information content (AvgIpc) is 3.78. The number of hydrogen-bond donors (Lipinski definition) is 0. The highest BCUT2D eigenvalue weighted by atomic mass is 16.1. The van der Waals surface area contributed by atoms with Crippen molar-refractivity contribution in [3.63, 3.8) is 0 Å². The van der Waals surface area contributed by atoms with Crippen molar-refractivity contribution in [2.24, 2.45) is 0 Å². The molecule has 1 aliphatic rings. The second-order valence-electron chi connectivity index (χ2n) is 15.6. The summed E-state index contributed by atoms with van der Waals surface area (Å²) in [7, 11) is 0. The van der Waals surface area contributed by atoms with E-state index in [9.17, 15) is 4.79 Å². The summed E-state index contributed by atoms with van der Waals surface area (Å²) in [5.74, 6) is 0. The molecule has 0 atom stereocenters. The minimum Gasteiger partial charge on any atom is -0.310 e. The largest absolute Gasteiger partial charge is 0.339 e. The molecule has 10 aromatic rings. The van der Waals surface area contributed by atoms with Crippen molar-refractivity contribution in [3.05, 3.63) is 216 Å². The Morgan fingerprint density at radius 2 is 1.05 bits per heavy atom. The molecular weight excluding hydrogens is 709 g/mol. The van der Waals surface area contributed by atoms with Crippen LogP contribution in [0.2, 0.25) is 0 Å². The van der Waals surface area contributed by atoms with Gasteiger partial charge in [-0.05, 0) is 117 Å². The van der Waals surface area contributed by atoms with E-state index < -0.39 is 0 Å². The molecule has 0 bridgehead atoms. The highest BCUT2D eigenvalue weighted by Gasteiger charge is 2.35. The monoisotopic (exact) mass is 746 g/mol. The molecule has 0 saturated heterocycles. The fourth-order valence-corrected chi connectivity index (χ4v) is 9.03. The molecule has 2 heterocycles. The van der Waals surface area contributed by atoms with Crippen molar-refractivity contribution in [1.82, 2.24) is 14.0 Å². The summed E-state index contributed by atoms with van der Waals surface area (Å²) >= 11 is 0. The van der Waals surface area contributed by atoms with Crippen LogP contribution < -0.4 is 10.6 Å². The Balaban J connectivity index is 1.04. The first kappa shape index (κ1) is 33.8. The Kier molecular flexibility index (Phi) is 7.60. The maximum Gasteiger partial charge on any atom is 0.339 e. The smallest absolute Gasteiger partial charge is 0.310 e. The van der Waals surface area contributed by atoms with E-state index in [0.29, 0.717) is 5.65 Å². The topological polar surface area (TPSA) is 42.5 Å². The summed E-state index contributed by atoms with van der Waals surface area (Å²) in [6.45, 7) is 4.66. The molecular formula is C53H38N4O. The summed E-state index contributed by atoms with van der Waals surface area (Å²) in [5.41, 5.74) is 16.6. The van der Waals surface area contributed by atoms with Gasteiger partial charge in [0.25, 0.3) is 0 Å². The molecule has 0 spiro atoms. The van der Waals surface area contributed by atoms with Crippen LogP contribution in [0, 0.1) is 0 Å². The average molecular weight is 747 g/mol. The van der Waals surface area contributed by atoms with Crippen molar-refractivity contribution < 1.29 is 0 Å². The molecule has 5 nitrogen and oxygen atoms in total. The van der Waals surface area contributed by atoms with E-state index >= 15 is 0 Å². The predicted molar refractivity (Wildman–Crippen MR) is 239 cm³/mol. The Bertz CT molecular complexity index is 3250. The molecule has 2 aromatic heterocycles. The first-order valence-electron chi connectivity index (χ1n) is 19.8. The van der Waals surface area contributed by atoms with E-state index in [0.717, 1.165) is 55.8 Å². The minimum atomic E-state index is -0.143. The molecule has 1 aliphatic carbocycles. The van der Waals surface area contributed by atoms with Crippen LogP contribution >= 0.6 is 0 Å². The van der Waals surface area contributed by atoms with Gasteiger partial charge >= 0.3 is 5.69 Å². The molecule has 5 heteroatoms. The van der Waals surface area contributed by atoms with Crippen LogP contribution in [0.15, 0.2) is 199 Å². The maximum absolute atomic E-state index is 14.2. The zero-order valence-corrected chi connectivity index (χ0v) is 32.2. The normalized spacial score (nSPS) is 12.9. The van der Waals surface area contributed by atoms with Crippen LogP contribution in [-0.2, 0) is 5.41 Å². The predicted octanol–water partition coefficient (Wildman–Crippen LogP) is 12.9. The Labute approximate surface area is 336 Å². The molecule has 0 aliphatic heterocycles. The zero-order chi connectivity index (χ0) is 39.0. The summed E-state index contributed by atoms with van der Waals surface area (Å²) < 4.78 is 3.54. The third-order valence-corrected chi connectivity index (χ3v) is 12.0. The molecule has 276 valence electrons. The van der Waals surface area contributed by atoms with Gasteiger partial charge in [0.15, 0.2) is 5.65 Å². The molecule has 8 aromatic carbocycles. The number of hydrogen-bond acceptors (Lipinski definition) is 3. The van der Waals surface area contributed by atoms with Crippen molar-refractivity contribution in [2.75, 3.05) is 4.90 Å². The summed E-state index contributed by atoms with van der Waals surface area (Å²) in [5, 5.41) is 0.906. The van der Waals surface area contributed by atoms with Gasteiger partial charge in [-0.3, -0.25) is 4.57 Å². The van der Waals surface area contributed by atoms with Crippen molar-refractivity contribution in [3.8, 4) is 39.1 Å². The van der Waals surface area contributed by atoms with Crippen LogP contribution in [0.1, 0.15) is 25.0 Å². The number of rotatable bonds is 6. The van der Waals surface area contributed by atoms with Crippen molar-refractivity contribution in [1.29, 1.82) is 0 Å². The zero-order valence-electron chi connectivity index (χ0n) is 32.2. The Hall–Kier alpha value is -7.50. The lowest BCUT2D eigenvalue weighted by Crippen LogP contribution is -2.25. The van der Waals surface area contributed by atoms with E-state index in [4.69, 9.17) is 4.98 Å². The molecule has 0 amide bonds. The quantitative estimate of drug-likeness (QED) is 0.170. The van der Waals surface area contributed by atoms with Gasteiger partial charge in [-0.1, -0.05) is 135 Å². The van der Waals surface area contributed by atoms with E-state index in [-0.39, 0.29) is 11.1 Å². The van der Waals surface area contributed by atoms with Gasteiger partial charge < -0.3 is 4.90 Å². The second kappa shape index (κ2) is 13.0. The van der Waals surface area contributed by atoms with Gasteiger partial charge in [-0.15, -0.1) is 0 Å². The van der Waals surface area contributed by atoms with E-state index in [1.807, 2.05) is 54.6 Å². The molecule has 58 heavy (non-hydrogen) atoms. The van der Waals surface area contributed by atoms with Crippen LogP contribution in [-0.4, -0.2) is 14.0 Å². The van der Waals surface area contributed by atoms with Gasteiger partial charge in [-0.2, -0.15) is 0 Å². The van der Waals surface area contributed by atoms with Crippen LogP contribution in [0.25, 0.3) is 66.7 Å². The number of para-hydroxylation sites is 3. The standard InChI is InChI=1S/C53H38N4O/c1-53(2)46-18-10-9-17-43(46)44-31-30-42(34-47(44)53)55(40-26-21-36(22-27-40)35-13-5-3-6-14-35)41-28-23-37(24-29-41)38-25-32-49-45(33-38)51-54-48-19-11-12-20-50(48)57(51)52(58)56(49)39-15-7-4-8-16-39/h3-34H,1-2H3. The third kappa shape index (κ3) is 5.24. The lowest BCUT2D eigenvalue weighted by Gasteiger charge is -2.28. The molecule has 0 fully saturated rings. The van der Waals surface area contributed by atoms with Gasteiger partial charge in [0.1, 0.15) is 0 Å². The van der Waals surface area contributed by atoms with E-state index in [1.165, 1.54) is 33.4 Å². The van der Waals surface area contributed by atoms with E-state index in [2.05, 4.69) is 158 Å². The number of imidazole rings is 1. The van der Waals surface area contributed by atoms with Crippen LogP contribution in [0.5, 0.6) is 0 Å². The minimum absolute atomic E-state index is 0.123. The van der Waals surface area contributed by atoms with Crippen molar-refractivity contribution in [2.45, 2.75) is 19.3 Å². The van der Waals surface area contributed by atoms with Gasteiger partial charge in [-0.25, -0.2) is 14.2 Å². The fraction of sp³-hybridized carbons (Fsp3) is 0.0566. The Morgan fingerprint density at radius 3 is 1.79 bits per heavy atom. The highest BCUT2D eigenvalue weighted by Crippen LogP contribution is 2.50. The van der Waals surface area contributed by atoms with E-state index in [1.54, 1.807) is 8.97 Å². The first-order chi connectivity index (χ1) is 28.4. The summed E-state index contributed by atoms with van der Waals surface area (Å²) in [6, 6.07) is 67.9. The number of nitrogens with zero attached hydrogens (tertiary/aromatic N) is 4. The van der Waals surface area contributed by atoms with Crippen LogP contribution in [0.4, 0.5) is 17.1 Å². The lowest BCUT2D eigenvalue weighted by molar-refractivity contribution is 0.660. The third-order valence-electron chi connectivity index (χ3n) is 12.0. The number of benzene rings is 8. The summed E-state index contributed by atoms with van der Waals surface area (Å²) in [6.07, 6.45) is 0. The molecule has 11 rings (SSSR count). The van der Waals surface area contributed by atoms with Crippen molar-refractivity contribution >= 4 is 44.6 Å². The molecule has 0 saturated carbocycles. The van der Waals surface area contributed by atoms with Gasteiger partial charge in [0.2, 0.25) is 0 Å². The number of fused-ring (bicyclic) bond motifs is 8. The highest BCUT2D eigenvalue weighted by molar-refractivity contribution is 5.99. The van der Waals surface area contributed by atoms with Gasteiger partial charge in [0, 0.05) is 27.9 Å². The molecule has 0 unspecified atom stereocenters. The second-order valence-corrected chi connectivity index (χ2v) is 15.6. The fourth-order valence-electron chi connectivity index (χ4n) is 9.03.